The van der Waals surface area contributed by atoms with Gasteiger partial charge in [0.15, 0.2) is 0 Å². The summed E-state index contributed by atoms with van der Waals surface area (Å²) in [7, 11) is 0. The van der Waals surface area contributed by atoms with Crippen LogP contribution in [0.1, 0.15) is 23.0 Å². The highest BCUT2D eigenvalue weighted by Crippen LogP contribution is 2.15. The Morgan fingerprint density at radius 3 is 2.94 bits per heavy atom. The fourth-order valence-electron chi connectivity index (χ4n) is 1.53. The second kappa shape index (κ2) is 4.28. The minimum atomic E-state index is -0.297. The number of carbonyl (C=O) groups excluding carboxylic acids is 1. The van der Waals surface area contributed by atoms with E-state index in [-0.39, 0.29) is 5.91 Å². The summed E-state index contributed by atoms with van der Waals surface area (Å²) in [4.78, 5) is 12.0. The number of nitrogens with two attached hydrogens (primary N) is 1. The zero-order valence-corrected chi connectivity index (χ0v) is 9.69. The molecule has 0 bridgehead atoms. The molecule has 0 aromatic carbocycles. The molecule has 7 nitrogen and oxygen atoms in total. The van der Waals surface area contributed by atoms with Crippen LogP contribution in [-0.4, -0.2) is 25.9 Å². The Morgan fingerprint density at radius 1 is 1.59 bits per heavy atom. The smallest absolute Gasteiger partial charge is 0.277 e. The zero-order valence-electron chi connectivity index (χ0n) is 9.69. The number of hydrogen-bond acceptors (Lipinski definition) is 4. The summed E-state index contributed by atoms with van der Waals surface area (Å²) in [5.74, 6) is 0.271. The lowest BCUT2D eigenvalue weighted by molar-refractivity contribution is 0.101. The normalized spacial score (nSPS) is 10.5. The standard InChI is InChI=1S/C10H14N6O/c1-3-16-8(7(11)5-13-16)10(17)14-9-6(2)4-12-15-9/h4-5H,3,11H2,1-2H3,(H2,12,14,15,17). The van der Waals surface area contributed by atoms with Gasteiger partial charge in [-0.1, -0.05) is 0 Å². The molecule has 0 saturated carbocycles. The van der Waals surface area contributed by atoms with Crippen LogP contribution in [-0.2, 0) is 6.54 Å². The van der Waals surface area contributed by atoms with E-state index in [1.165, 1.54) is 6.20 Å². The molecule has 7 heteroatoms. The van der Waals surface area contributed by atoms with Crippen molar-refractivity contribution in [2.75, 3.05) is 11.1 Å². The predicted octanol–water partition coefficient (Wildman–Crippen LogP) is 0.769. The Balaban J connectivity index is 2.26. The van der Waals surface area contributed by atoms with Crippen LogP contribution in [0.2, 0.25) is 0 Å². The van der Waals surface area contributed by atoms with Crippen molar-refractivity contribution in [2.24, 2.45) is 0 Å². The molecule has 0 radical (unpaired) electrons. The van der Waals surface area contributed by atoms with Crippen molar-refractivity contribution in [3.63, 3.8) is 0 Å². The minimum Gasteiger partial charge on any atom is -0.396 e. The number of rotatable bonds is 3. The molecule has 90 valence electrons. The molecule has 1 amide bonds. The van der Waals surface area contributed by atoms with Crippen LogP contribution in [0.4, 0.5) is 11.5 Å². The number of hydrogen-bond donors (Lipinski definition) is 3. The summed E-state index contributed by atoms with van der Waals surface area (Å²) >= 11 is 0. The summed E-state index contributed by atoms with van der Waals surface area (Å²) in [6.45, 7) is 4.33. The Bertz CT molecular complexity index is 541. The quantitative estimate of drug-likeness (QED) is 0.729. The number of aryl methyl sites for hydroxylation is 2. The first kappa shape index (κ1) is 11.2. The van der Waals surface area contributed by atoms with Gasteiger partial charge in [0.05, 0.1) is 18.1 Å². The molecule has 4 N–H and O–H groups in total. The van der Waals surface area contributed by atoms with Crippen molar-refractivity contribution in [3.8, 4) is 0 Å². The Labute approximate surface area is 98.0 Å². The molecule has 2 rings (SSSR count). The van der Waals surface area contributed by atoms with Gasteiger partial charge in [-0.25, -0.2) is 0 Å². The number of H-pyrrole nitrogens is 1. The number of carbonyl (C=O) groups is 1. The van der Waals surface area contributed by atoms with Crippen LogP contribution < -0.4 is 11.1 Å². The SMILES string of the molecule is CCn1ncc(N)c1C(=O)Nc1[nH]ncc1C. The number of nitrogen functional groups attached to an aromatic ring is 1. The number of nitrogens with one attached hydrogen (secondary N) is 2. The van der Waals surface area contributed by atoms with E-state index in [1.54, 1.807) is 10.9 Å². The van der Waals surface area contributed by atoms with E-state index in [0.29, 0.717) is 23.7 Å². The number of aromatic amines is 1. The van der Waals surface area contributed by atoms with Crippen molar-refractivity contribution < 1.29 is 4.79 Å². The molecule has 0 fully saturated rings. The summed E-state index contributed by atoms with van der Waals surface area (Å²) in [6.07, 6.45) is 3.11. The lowest BCUT2D eigenvalue weighted by atomic mass is 10.3. The number of aromatic nitrogens is 4. The minimum absolute atomic E-state index is 0.297. The van der Waals surface area contributed by atoms with E-state index in [2.05, 4.69) is 20.6 Å². The average molecular weight is 234 g/mol. The van der Waals surface area contributed by atoms with Gasteiger partial charge < -0.3 is 11.1 Å². The van der Waals surface area contributed by atoms with Crippen molar-refractivity contribution >= 4 is 17.4 Å². The van der Waals surface area contributed by atoms with Gasteiger partial charge in [0.1, 0.15) is 11.5 Å². The van der Waals surface area contributed by atoms with Crippen LogP contribution in [0.15, 0.2) is 12.4 Å². The molecule has 0 saturated heterocycles. The van der Waals surface area contributed by atoms with E-state index in [4.69, 9.17) is 5.73 Å². The topological polar surface area (TPSA) is 102 Å². The van der Waals surface area contributed by atoms with Gasteiger partial charge in [-0.15, -0.1) is 0 Å². The van der Waals surface area contributed by atoms with Crippen LogP contribution >= 0.6 is 0 Å². The highest BCUT2D eigenvalue weighted by Gasteiger charge is 2.17. The third-order valence-corrected chi connectivity index (χ3v) is 2.45. The van der Waals surface area contributed by atoms with E-state index in [9.17, 15) is 4.79 Å². The molecule has 0 atom stereocenters. The highest BCUT2D eigenvalue weighted by molar-refractivity contribution is 6.06. The molecular formula is C10H14N6O. The highest BCUT2D eigenvalue weighted by atomic mass is 16.2. The van der Waals surface area contributed by atoms with Crippen molar-refractivity contribution in [1.82, 2.24) is 20.0 Å². The fourth-order valence-corrected chi connectivity index (χ4v) is 1.53. The van der Waals surface area contributed by atoms with Gasteiger partial charge in [-0.3, -0.25) is 14.6 Å². The maximum atomic E-state index is 12.0. The van der Waals surface area contributed by atoms with Gasteiger partial charge in [-0.05, 0) is 13.8 Å². The molecule has 0 spiro atoms. The van der Waals surface area contributed by atoms with Gasteiger partial charge in [0.25, 0.3) is 5.91 Å². The summed E-state index contributed by atoms with van der Waals surface area (Å²) in [6, 6.07) is 0. The molecular weight excluding hydrogens is 220 g/mol. The fraction of sp³-hybridized carbons (Fsp3) is 0.300. The van der Waals surface area contributed by atoms with E-state index in [0.717, 1.165) is 5.56 Å². The van der Waals surface area contributed by atoms with Crippen LogP contribution in [0.25, 0.3) is 0 Å². The first-order chi connectivity index (χ1) is 8.13. The number of amides is 1. The maximum Gasteiger partial charge on any atom is 0.277 e. The van der Waals surface area contributed by atoms with E-state index >= 15 is 0 Å². The molecule has 17 heavy (non-hydrogen) atoms. The van der Waals surface area contributed by atoms with Gasteiger partial charge >= 0.3 is 0 Å². The molecule has 0 aliphatic carbocycles. The molecule has 2 heterocycles. The van der Waals surface area contributed by atoms with Gasteiger partial charge in [0.2, 0.25) is 0 Å². The third-order valence-electron chi connectivity index (χ3n) is 2.45. The average Bonchev–Trinajstić information content (AvgIpc) is 2.85. The first-order valence-corrected chi connectivity index (χ1v) is 5.26. The van der Waals surface area contributed by atoms with Crippen LogP contribution in [0, 0.1) is 6.92 Å². The summed E-state index contributed by atoms with van der Waals surface area (Å²) in [5, 5.41) is 13.3. The van der Waals surface area contributed by atoms with Crippen molar-refractivity contribution in [3.05, 3.63) is 23.7 Å². The third kappa shape index (κ3) is 1.99. The van der Waals surface area contributed by atoms with Crippen molar-refractivity contribution in [2.45, 2.75) is 20.4 Å². The van der Waals surface area contributed by atoms with Crippen LogP contribution in [0.5, 0.6) is 0 Å². The molecule has 0 aliphatic heterocycles. The lowest BCUT2D eigenvalue weighted by Gasteiger charge is -2.06. The van der Waals surface area contributed by atoms with Gasteiger partial charge in [-0.2, -0.15) is 10.2 Å². The Hall–Kier alpha value is -2.31. The Morgan fingerprint density at radius 2 is 2.35 bits per heavy atom. The predicted molar refractivity (Wildman–Crippen MR) is 63.6 cm³/mol. The van der Waals surface area contributed by atoms with Crippen molar-refractivity contribution in [1.29, 1.82) is 0 Å². The summed E-state index contributed by atoms with van der Waals surface area (Å²) < 4.78 is 1.55. The molecule has 0 aliphatic rings. The molecule has 0 unspecified atom stereocenters. The van der Waals surface area contributed by atoms with E-state index in [1.807, 2.05) is 13.8 Å². The maximum absolute atomic E-state index is 12.0. The lowest BCUT2D eigenvalue weighted by Crippen LogP contribution is -2.19. The zero-order chi connectivity index (χ0) is 12.4. The summed E-state index contributed by atoms with van der Waals surface area (Å²) in [5.41, 5.74) is 7.30. The first-order valence-electron chi connectivity index (χ1n) is 5.26. The molecule has 2 aromatic heterocycles. The number of nitrogens with zero attached hydrogens (tertiary/aromatic N) is 3. The largest absolute Gasteiger partial charge is 0.396 e. The molecule has 2 aromatic rings. The monoisotopic (exact) mass is 234 g/mol. The van der Waals surface area contributed by atoms with Gasteiger partial charge in [0, 0.05) is 12.1 Å². The number of anilines is 2. The second-order valence-corrected chi connectivity index (χ2v) is 3.65. The second-order valence-electron chi connectivity index (χ2n) is 3.65. The van der Waals surface area contributed by atoms with E-state index < -0.39 is 0 Å². The Kier molecular flexibility index (Phi) is 2.82. The van der Waals surface area contributed by atoms with Crippen LogP contribution in [0.3, 0.4) is 0 Å².